The zero-order chi connectivity index (χ0) is 12.2. The summed E-state index contributed by atoms with van der Waals surface area (Å²) in [6, 6.07) is -0.161. The van der Waals surface area contributed by atoms with Crippen LogP contribution in [-0.4, -0.2) is 52.1 Å². The highest BCUT2D eigenvalue weighted by Gasteiger charge is 2.26. The molecule has 6 heteroatoms. The largest absolute Gasteiger partial charge is 0.481 e. The van der Waals surface area contributed by atoms with Gasteiger partial charge in [0.05, 0.1) is 6.42 Å². The Morgan fingerprint density at radius 2 is 1.94 bits per heavy atom. The fourth-order valence-corrected chi connectivity index (χ4v) is 2.46. The first-order valence-corrected chi connectivity index (χ1v) is 6.43. The van der Waals surface area contributed by atoms with Crippen molar-refractivity contribution in [1.29, 1.82) is 0 Å². The van der Waals surface area contributed by atoms with Crippen LogP contribution in [0.15, 0.2) is 0 Å². The van der Waals surface area contributed by atoms with E-state index in [1.165, 1.54) is 0 Å². The van der Waals surface area contributed by atoms with E-state index in [-0.39, 0.29) is 12.5 Å². The van der Waals surface area contributed by atoms with E-state index in [1.54, 1.807) is 18.7 Å². The number of aliphatic carboxylic acids is 1. The Labute approximate surface area is 99.6 Å². The van der Waals surface area contributed by atoms with Gasteiger partial charge in [-0.1, -0.05) is 0 Å². The summed E-state index contributed by atoms with van der Waals surface area (Å²) in [5.41, 5.74) is -0.701. The maximum atomic E-state index is 11.8. The lowest BCUT2D eigenvalue weighted by Gasteiger charge is -2.31. The molecule has 1 saturated heterocycles. The molecule has 2 amide bonds. The molecule has 16 heavy (non-hydrogen) atoms. The molecule has 1 rings (SSSR count). The maximum absolute atomic E-state index is 11.8. The number of rotatable bonds is 3. The average molecular weight is 246 g/mol. The van der Waals surface area contributed by atoms with Crippen LogP contribution in [0.4, 0.5) is 4.79 Å². The Bertz CT molecular complexity index is 275. The van der Waals surface area contributed by atoms with Gasteiger partial charge in [0.25, 0.3) is 0 Å². The van der Waals surface area contributed by atoms with E-state index in [2.05, 4.69) is 5.32 Å². The fourth-order valence-electron chi connectivity index (χ4n) is 1.56. The van der Waals surface area contributed by atoms with E-state index in [9.17, 15) is 9.59 Å². The molecular formula is C10H18N2O3S. The van der Waals surface area contributed by atoms with E-state index in [1.807, 2.05) is 11.8 Å². The highest BCUT2D eigenvalue weighted by Crippen LogP contribution is 2.12. The van der Waals surface area contributed by atoms with Crippen molar-refractivity contribution in [3.63, 3.8) is 0 Å². The molecular weight excluding hydrogens is 228 g/mol. The Kier molecular flexibility index (Phi) is 4.46. The Hall–Kier alpha value is -0.910. The SMILES string of the molecule is CC(C)(CC(=O)O)NC(=O)N1CCSCC1. The molecule has 0 unspecified atom stereocenters. The van der Waals surface area contributed by atoms with Crippen molar-refractivity contribution >= 4 is 23.8 Å². The number of hydrogen-bond donors (Lipinski definition) is 2. The quantitative estimate of drug-likeness (QED) is 0.779. The van der Waals surface area contributed by atoms with E-state index in [0.717, 1.165) is 24.6 Å². The van der Waals surface area contributed by atoms with Crippen LogP contribution in [0.2, 0.25) is 0 Å². The summed E-state index contributed by atoms with van der Waals surface area (Å²) in [5, 5.41) is 11.5. The van der Waals surface area contributed by atoms with Crippen LogP contribution < -0.4 is 5.32 Å². The number of carbonyl (C=O) groups excluding carboxylic acids is 1. The molecule has 0 radical (unpaired) electrons. The average Bonchev–Trinajstić information content (AvgIpc) is 2.16. The number of carboxylic acid groups (broad SMARTS) is 1. The van der Waals surface area contributed by atoms with Gasteiger partial charge in [-0.25, -0.2) is 4.79 Å². The van der Waals surface area contributed by atoms with E-state index < -0.39 is 11.5 Å². The van der Waals surface area contributed by atoms with Crippen LogP contribution in [0.25, 0.3) is 0 Å². The van der Waals surface area contributed by atoms with E-state index in [0.29, 0.717) is 0 Å². The summed E-state index contributed by atoms with van der Waals surface area (Å²) >= 11 is 1.83. The predicted molar refractivity (Wildman–Crippen MR) is 63.8 cm³/mol. The molecule has 0 aromatic carbocycles. The van der Waals surface area contributed by atoms with Crippen LogP contribution in [0, 0.1) is 0 Å². The third kappa shape index (κ3) is 4.30. The van der Waals surface area contributed by atoms with Crippen LogP contribution >= 0.6 is 11.8 Å². The minimum Gasteiger partial charge on any atom is -0.481 e. The number of carboxylic acids is 1. The number of hydrogen-bond acceptors (Lipinski definition) is 3. The van der Waals surface area contributed by atoms with Gasteiger partial charge in [-0.05, 0) is 13.8 Å². The lowest BCUT2D eigenvalue weighted by molar-refractivity contribution is -0.138. The van der Waals surface area contributed by atoms with Crippen molar-refractivity contribution in [2.24, 2.45) is 0 Å². The second-order valence-corrected chi connectivity index (χ2v) is 5.71. The zero-order valence-electron chi connectivity index (χ0n) is 9.65. The Balaban J connectivity index is 2.45. The number of thioether (sulfide) groups is 1. The van der Waals surface area contributed by atoms with Crippen LogP contribution in [0.5, 0.6) is 0 Å². The van der Waals surface area contributed by atoms with E-state index >= 15 is 0 Å². The molecule has 1 heterocycles. The number of carbonyl (C=O) groups is 2. The smallest absolute Gasteiger partial charge is 0.317 e. The summed E-state index contributed by atoms with van der Waals surface area (Å²) in [5.74, 6) is 0.999. The third-order valence-corrected chi connectivity index (χ3v) is 3.28. The maximum Gasteiger partial charge on any atom is 0.317 e. The first-order valence-electron chi connectivity index (χ1n) is 5.27. The molecule has 1 aliphatic heterocycles. The molecule has 2 N–H and O–H groups in total. The fraction of sp³-hybridized carbons (Fsp3) is 0.800. The van der Waals surface area contributed by atoms with Crippen molar-refractivity contribution in [2.75, 3.05) is 24.6 Å². The lowest BCUT2D eigenvalue weighted by Crippen LogP contribution is -2.52. The summed E-state index contributed by atoms with van der Waals surface area (Å²) in [6.07, 6.45) is -0.0681. The molecule has 0 spiro atoms. The molecule has 0 bridgehead atoms. The molecule has 1 aliphatic rings. The molecule has 0 saturated carbocycles. The predicted octanol–water partition coefficient (Wildman–Crippen LogP) is 0.998. The highest BCUT2D eigenvalue weighted by atomic mass is 32.2. The lowest BCUT2D eigenvalue weighted by atomic mass is 10.0. The van der Waals surface area contributed by atoms with Gasteiger partial charge >= 0.3 is 12.0 Å². The standard InChI is InChI=1S/C10H18N2O3S/c1-10(2,7-8(13)14)11-9(15)12-3-5-16-6-4-12/h3-7H2,1-2H3,(H,11,15)(H,13,14). The monoisotopic (exact) mass is 246 g/mol. The molecule has 0 aliphatic carbocycles. The number of nitrogens with one attached hydrogen (secondary N) is 1. The molecule has 5 nitrogen and oxygen atoms in total. The van der Waals surface area contributed by atoms with Gasteiger partial charge in [-0.2, -0.15) is 11.8 Å². The van der Waals surface area contributed by atoms with Gasteiger partial charge in [0.15, 0.2) is 0 Å². The minimum atomic E-state index is -0.903. The van der Waals surface area contributed by atoms with Crippen molar-refractivity contribution in [1.82, 2.24) is 10.2 Å². The second kappa shape index (κ2) is 5.43. The number of urea groups is 1. The van der Waals surface area contributed by atoms with Gasteiger partial charge in [0.1, 0.15) is 0 Å². The summed E-state index contributed by atoms with van der Waals surface area (Å²) in [7, 11) is 0. The van der Waals surface area contributed by atoms with Gasteiger partial charge in [-0.3, -0.25) is 4.79 Å². The summed E-state index contributed by atoms with van der Waals surface area (Å²) in [4.78, 5) is 24.1. The van der Waals surface area contributed by atoms with Gasteiger partial charge in [-0.15, -0.1) is 0 Å². The summed E-state index contributed by atoms with van der Waals surface area (Å²) < 4.78 is 0. The topological polar surface area (TPSA) is 69.6 Å². The normalized spacial score (nSPS) is 17.0. The Morgan fingerprint density at radius 1 is 1.38 bits per heavy atom. The van der Waals surface area contributed by atoms with Crippen molar-refractivity contribution in [3.8, 4) is 0 Å². The van der Waals surface area contributed by atoms with E-state index in [4.69, 9.17) is 5.11 Å². The molecule has 1 fully saturated rings. The second-order valence-electron chi connectivity index (χ2n) is 4.48. The molecule has 0 aromatic rings. The zero-order valence-corrected chi connectivity index (χ0v) is 10.5. The number of nitrogens with zero attached hydrogens (tertiary/aromatic N) is 1. The molecule has 0 aromatic heterocycles. The van der Waals surface area contributed by atoms with Crippen molar-refractivity contribution in [3.05, 3.63) is 0 Å². The first-order chi connectivity index (χ1) is 7.41. The molecule has 92 valence electrons. The minimum absolute atomic E-state index is 0.0681. The van der Waals surface area contributed by atoms with Crippen LogP contribution in [0.1, 0.15) is 20.3 Å². The first kappa shape index (κ1) is 13.2. The van der Waals surface area contributed by atoms with Crippen LogP contribution in [-0.2, 0) is 4.79 Å². The van der Waals surface area contributed by atoms with Crippen molar-refractivity contribution in [2.45, 2.75) is 25.8 Å². The summed E-state index contributed by atoms with van der Waals surface area (Å²) in [6.45, 7) is 4.91. The number of amides is 2. The highest BCUT2D eigenvalue weighted by molar-refractivity contribution is 7.99. The van der Waals surface area contributed by atoms with Crippen LogP contribution in [0.3, 0.4) is 0 Å². The Morgan fingerprint density at radius 3 is 2.44 bits per heavy atom. The van der Waals surface area contributed by atoms with Gasteiger partial charge in [0, 0.05) is 30.1 Å². The van der Waals surface area contributed by atoms with Gasteiger partial charge < -0.3 is 15.3 Å². The van der Waals surface area contributed by atoms with Gasteiger partial charge in [0.2, 0.25) is 0 Å². The molecule has 0 atom stereocenters. The van der Waals surface area contributed by atoms with Crippen molar-refractivity contribution < 1.29 is 14.7 Å². The third-order valence-electron chi connectivity index (χ3n) is 2.34.